The lowest BCUT2D eigenvalue weighted by Gasteiger charge is -2.46. The van der Waals surface area contributed by atoms with Crippen molar-refractivity contribution in [2.45, 2.75) is 32.9 Å². The van der Waals surface area contributed by atoms with E-state index in [1.165, 1.54) is 0 Å². The fourth-order valence-electron chi connectivity index (χ4n) is 1.67. The molecule has 0 bridgehead atoms. The first kappa shape index (κ1) is 10.3. The molecule has 0 saturated carbocycles. The lowest BCUT2D eigenvalue weighted by atomic mass is 9.70. The monoisotopic (exact) mass is 183 g/mol. The highest BCUT2D eigenvalue weighted by Gasteiger charge is 2.48. The van der Waals surface area contributed by atoms with Crippen LogP contribution in [-0.2, 0) is 4.79 Å². The molecule has 0 aliphatic carbocycles. The van der Waals surface area contributed by atoms with Crippen LogP contribution in [0.15, 0.2) is 12.7 Å². The Kier molecular flexibility index (Phi) is 2.48. The number of carbonyl (C=O) groups is 1. The molecule has 1 aliphatic rings. The van der Waals surface area contributed by atoms with Crippen molar-refractivity contribution < 1.29 is 9.90 Å². The summed E-state index contributed by atoms with van der Waals surface area (Å²) in [5.74, 6) is -0.345. The summed E-state index contributed by atoms with van der Waals surface area (Å²) in [6.07, 6.45) is 1.23. The van der Waals surface area contributed by atoms with Crippen LogP contribution in [0.4, 0.5) is 0 Å². The molecule has 1 unspecified atom stereocenters. The minimum atomic E-state index is -0.585. The molecule has 1 amide bonds. The molecular weight excluding hydrogens is 166 g/mol. The van der Waals surface area contributed by atoms with E-state index < -0.39 is 6.10 Å². The molecule has 0 radical (unpaired) electrons. The molecule has 0 aromatic heterocycles. The number of hydrogen-bond acceptors (Lipinski definition) is 2. The van der Waals surface area contributed by atoms with E-state index in [4.69, 9.17) is 0 Å². The Morgan fingerprint density at radius 1 is 1.69 bits per heavy atom. The molecule has 0 spiro atoms. The molecule has 1 saturated heterocycles. The molecule has 3 nitrogen and oxygen atoms in total. The Bertz CT molecular complexity index is 233. The van der Waals surface area contributed by atoms with Gasteiger partial charge in [-0.2, -0.15) is 0 Å². The fourth-order valence-corrected chi connectivity index (χ4v) is 1.67. The summed E-state index contributed by atoms with van der Waals surface area (Å²) in [6, 6.07) is 0.0116. The van der Waals surface area contributed by atoms with Crippen LogP contribution in [0.5, 0.6) is 0 Å². The van der Waals surface area contributed by atoms with Crippen LogP contribution < -0.4 is 5.32 Å². The second-order valence-corrected chi connectivity index (χ2v) is 4.28. The molecule has 1 rings (SSSR count). The van der Waals surface area contributed by atoms with Gasteiger partial charge in [-0.05, 0) is 6.92 Å². The van der Waals surface area contributed by atoms with Gasteiger partial charge >= 0.3 is 0 Å². The lowest BCUT2D eigenvalue weighted by Crippen LogP contribution is -2.66. The normalized spacial score (nSPS) is 30.3. The van der Waals surface area contributed by atoms with E-state index in [9.17, 15) is 9.90 Å². The maximum atomic E-state index is 11.1. The minimum absolute atomic E-state index is 0.0116. The molecule has 2 N–H and O–H groups in total. The van der Waals surface area contributed by atoms with Crippen molar-refractivity contribution >= 4 is 5.91 Å². The summed E-state index contributed by atoms with van der Waals surface area (Å²) in [6.45, 7) is 9.37. The van der Waals surface area contributed by atoms with Crippen LogP contribution >= 0.6 is 0 Å². The molecule has 0 aromatic carbocycles. The number of β-lactam (4-membered cyclic amide) rings is 1. The van der Waals surface area contributed by atoms with Crippen molar-refractivity contribution in [3.8, 4) is 0 Å². The third kappa shape index (κ3) is 1.61. The highest BCUT2D eigenvalue weighted by molar-refractivity contribution is 5.86. The lowest BCUT2D eigenvalue weighted by molar-refractivity contribution is -0.144. The molecule has 74 valence electrons. The average Bonchev–Trinajstić information content (AvgIpc) is 1.98. The van der Waals surface area contributed by atoms with Gasteiger partial charge < -0.3 is 10.4 Å². The maximum absolute atomic E-state index is 11.1. The summed E-state index contributed by atoms with van der Waals surface area (Å²) in [5, 5.41) is 12.2. The number of carbonyl (C=O) groups excluding carboxylic acids is 1. The van der Waals surface area contributed by atoms with E-state index in [1.54, 1.807) is 6.92 Å². The second kappa shape index (κ2) is 3.14. The van der Waals surface area contributed by atoms with Gasteiger partial charge in [0.25, 0.3) is 0 Å². The fraction of sp³-hybridized carbons (Fsp3) is 0.700. The molecule has 0 aromatic rings. The average molecular weight is 183 g/mol. The Morgan fingerprint density at radius 3 is 2.54 bits per heavy atom. The van der Waals surface area contributed by atoms with Crippen LogP contribution in [-0.4, -0.2) is 23.2 Å². The molecule has 3 atom stereocenters. The molecule has 3 heteroatoms. The van der Waals surface area contributed by atoms with E-state index in [0.717, 1.165) is 0 Å². The standard InChI is InChI=1S/C10H17NO2/c1-5-10(3,4)8-7(6(2)12)9(13)11-8/h5-8,12H,1H2,2-4H3,(H,11,13)/t6?,7-,8+/m1/s1. The Balaban J connectivity index is 2.75. The smallest absolute Gasteiger partial charge is 0.228 e. The van der Waals surface area contributed by atoms with Gasteiger partial charge in [0, 0.05) is 5.41 Å². The van der Waals surface area contributed by atoms with Gasteiger partial charge in [-0.15, -0.1) is 6.58 Å². The van der Waals surface area contributed by atoms with Crippen molar-refractivity contribution in [2.24, 2.45) is 11.3 Å². The van der Waals surface area contributed by atoms with Crippen molar-refractivity contribution in [1.82, 2.24) is 5.32 Å². The number of aliphatic hydroxyl groups is 1. The highest BCUT2D eigenvalue weighted by Crippen LogP contribution is 2.34. The maximum Gasteiger partial charge on any atom is 0.228 e. The Labute approximate surface area is 78.8 Å². The first-order valence-corrected chi connectivity index (χ1v) is 4.52. The first-order valence-electron chi connectivity index (χ1n) is 4.52. The van der Waals surface area contributed by atoms with Crippen molar-refractivity contribution in [2.75, 3.05) is 0 Å². The molecular formula is C10H17NO2. The zero-order valence-electron chi connectivity index (χ0n) is 8.37. The predicted octanol–water partition coefficient (Wildman–Crippen LogP) is 0.694. The van der Waals surface area contributed by atoms with Crippen LogP contribution in [0, 0.1) is 11.3 Å². The number of aliphatic hydroxyl groups excluding tert-OH is 1. The van der Waals surface area contributed by atoms with Crippen LogP contribution in [0.2, 0.25) is 0 Å². The molecule has 1 heterocycles. The van der Waals surface area contributed by atoms with Crippen LogP contribution in [0.1, 0.15) is 20.8 Å². The van der Waals surface area contributed by atoms with Gasteiger partial charge in [0.2, 0.25) is 5.91 Å². The Hall–Kier alpha value is -0.830. The van der Waals surface area contributed by atoms with Gasteiger partial charge in [-0.3, -0.25) is 4.79 Å². The number of nitrogens with one attached hydrogen (secondary N) is 1. The van der Waals surface area contributed by atoms with Crippen molar-refractivity contribution in [3.63, 3.8) is 0 Å². The third-order valence-corrected chi connectivity index (χ3v) is 2.81. The van der Waals surface area contributed by atoms with E-state index in [2.05, 4.69) is 11.9 Å². The van der Waals surface area contributed by atoms with E-state index >= 15 is 0 Å². The largest absolute Gasteiger partial charge is 0.393 e. The summed E-state index contributed by atoms with van der Waals surface area (Å²) >= 11 is 0. The third-order valence-electron chi connectivity index (χ3n) is 2.81. The predicted molar refractivity (Wildman–Crippen MR) is 51.1 cm³/mol. The Morgan fingerprint density at radius 2 is 2.23 bits per heavy atom. The van der Waals surface area contributed by atoms with Gasteiger partial charge in [-0.25, -0.2) is 0 Å². The first-order chi connectivity index (χ1) is 5.90. The van der Waals surface area contributed by atoms with Crippen LogP contribution in [0.3, 0.4) is 0 Å². The number of hydrogen-bond donors (Lipinski definition) is 2. The van der Waals surface area contributed by atoms with E-state index in [0.29, 0.717) is 0 Å². The number of amides is 1. The zero-order valence-corrected chi connectivity index (χ0v) is 8.37. The molecule has 1 fully saturated rings. The van der Waals surface area contributed by atoms with Gasteiger partial charge in [-0.1, -0.05) is 19.9 Å². The van der Waals surface area contributed by atoms with Gasteiger partial charge in [0.05, 0.1) is 18.1 Å². The highest BCUT2D eigenvalue weighted by atomic mass is 16.3. The van der Waals surface area contributed by atoms with Crippen molar-refractivity contribution in [1.29, 1.82) is 0 Å². The SMILES string of the molecule is C=CC(C)(C)[C@H]1NC(=O)[C@@H]1C(C)O. The summed E-state index contributed by atoms with van der Waals surface area (Å²) in [7, 11) is 0. The quantitative estimate of drug-likeness (QED) is 0.499. The minimum Gasteiger partial charge on any atom is -0.393 e. The summed E-state index contributed by atoms with van der Waals surface area (Å²) in [5.41, 5.74) is -0.157. The number of rotatable bonds is 3. The summed E-state index contributed by atoms with van der Waals surface area (Å²) in [4.78, 5) is 11.1. The zero-order chi connectivity index (χ0) is 10.2. The van der Waals surface area contributed by atoms with E-state index in [-0.39, 0.29) is 23.3 Å². The van der Waals surface area contributed by atoms with Crippen LogP contribution in [0.25, 0.3) is 0 Å². The molecule has 1 aliphatic heterocycles. The summed E-state index contributed by atoms with van der Waals surface area (Å²) < 4.78 is 0. The van der Waals surface area contributed by atoms with Gasteiger partial charge in [0.1, 0.15) is 0 Å². The molecule has 13 heavy (non-hydrogen) atoms. The second-order valence-electron chi connectivity index (χ2n) is 4.28. The topological polar surface area (TPSA) is 49.3 Å². The van der Waals surface area contributed by atoms with Gasteiger partial charge in [0.15, 0.2) is 0 Å². The van der Waals surface area contributed by atoms with Crippen molar-refractivity contribution in [3.05, 3.63) is 12.7 Å². The van der Waals surface area contributed by atoms with E-state index in [1.807, 2.05) is 19.9 Å².